The quantitative estimate of drug-likeness (QED) is 0.162. The van der Waals surface area contributed by atoms with Crippen molar-refractivity contribution >= 4 is 46.0 Å². The molecule has 2 N–H and O–H groups in total. The van der Waals surface area contributed by atoms with Crippen LogP contribution < -0.4 is 4.90 Å². The van der Waals surface area contributed by atoms with Gasteiger partial charge in [-0.1, -0.05) is 83.8 Å². The summed E-state index contributed by atoms with van der Waals surface area (Å²) in [4.78, 5) is 27.8. The van der Waals surface area contributed by atoms with Crippen LogP contribution in [-0.2, 0) is 15.3 Å². The van der Waals surface area contributed by atoms with E-state index in [9.17, 15) is 24.2 Å². The molecule has 0 bridgehead atoms. The van der Waals surface area contributed by atoms with Crippen LogP contribution in [0.2, 0.25) is 0 Å². The van der Waals surface area contributed by atoms with Crippen LogP contribution in [0.3, 0.4) is 0 Å². The number of phenols is 1. The van der Waals surface area contributed by atoms with Gasteiger partial charge in [-0.2, -0.15) is 0 Å². The van der Waals surface area contributed by atoms with Crippen molar-refractivity contribution in [3.8, 4) is 5.75 Å². The molecule has 4 aromatic rings. The molecule has 10 heteroatoms. The molecule has 1 aliphatic rings. The fourth-order valence-corrected chi connectivity index (χ4v) is 5.76. The second-order valence-electron chi connectivity index (χ2n) is 8.31. The fourth-order valence-electron chi connectivity index (χ4n) is 3.94. The summed E-state index contributed by atoms with van der Waals surface area (Å²) < 4.78 is 13.7. The maximum absolute atomic E-state index is 13.3. The van der Waals surface area contributed by atoms with Crippen molar-refractivity contribution in [2.45, 2.75) is 16.1 Å². The number of nitrogens with zero attached hydrogens (tertiary/aromatic N) is 3. The van der Waals surface area contributed by atoms with Crippen LogP contribution in [0.25, 0.3) is 6.08 Å². The van der Waals surface area contributed by atoms with E-state index in [0.29, 0.717) is 15.7 Å². The Morgan fingerprint density at radius 2 is 1.71 bits per heavy atom. The Labute approximate surface area is 225 Å². The van der Waals surface area contributed by atoms with Gasteiger partial charge in [-0.25, -0.2) is 4.39 Å². The molecule has 1 unspecified atom stereocenters. The number of rotatable bonds is 8. The van der Waals surface area contributed by atoms with Crippen LogP contribution in [0.1, 0.15) is 22.7 Å². The van der Waals surface area contributed by atoms with Crippen molar-refractivity contribution in [1.29, 1.82) is 0 Å². The van der Waals surface area contributed by atoms with Crippen molar-refractivity contribution in [3.63, 3.8) is 0 Å². The molecule has 5 rings (SSSR count). The highest BCUT2D eigenvalue weighted by Crippen LogP contribution is 2.43. The Kier molecular flexibility index (Phi) is 7.34. The largest absolute Gasteiger partial charge is 0.508 e. The summed E-state index contributed by atoms with van der Waals surface area (Å²) in [7, 11) is 0. The zero-order chi connectivity index (χ0) is 26.6. The van der Waals surface area contributed by atoms with Crippen LogP contribution in [0.15, 0.2) is 101 Å². The molecule has 0 radical (unpaired) electrons. The molecule has 38 heavy (non-hydrogen) atoms. The zero-order valence-corrected chi connectivity index (χ0v) is 21.3. The molecule has 1 aliphatic heterocycles. The molecule has 0 aliphatic carbocycles. The number of aromatic nitrogens is 2. The van der Waals surface area contributed by atoms with E-state index >= 15 is 0 Å². The van der Waals surface area contributed by atoms with Crippen LogP contribution in [0.4, 0.5) is 9.52 Å². The first-order valence-electron chi connectivity index (χ1n) is 11.4. The van der Waals surface area contributed by atoms with E-state index in [1.54, 1.807) is 30.3 Å². The SMILES string of the molecule is O=C(C=Cc1ccccc1)C1=C(O)C(=O)N(c2nnc(SCc3ccc(F)cc3)s2)C1c1ccc(O)cc1. The molecule has 1 aromatic heterocycles. The molecule has 0 fully saturated rings. The number of hydrogen-bond donors (Lipinski definition) is 2. The molecule has 190 valence electrons. The highest BCUT2D eigenvalue weighted by atomic mass is 32.2. The number of hydrogen-bond acceptors (Lipinski definition) is 8. The van der Waals surface area contributed by atoms with E-state index in [4.69, 9.17) is 0 Å². The molecular weight excluding hydrogens is 525 g/mol. The molecule has 3 aromatic carbocycles. The van der Waals surface area contributed by atoms with Crippen LogP contribution >= 0.6 is 23.1 Å². The number of carbonyl (C=O) groups is 2. The lowest BCUT2D eigenvalue weighted by Crippen LogP contribution is -2.30. The third-order valence-electron chi connectivity index (χ3n) is 5.79. The summed E-state index contributed by atoms with van der Waals surface area (Å²) in [6, 6.07) is 20.4. The van der Waals surface area contributed by atoms with E-state index < -0.39 is 23.5 Å². The molecule has 7 nitrogen and oxygen atoms in total. The summed E-state index contributed by atoms with van der Waals surface area (Å²) in [5.41, 5.74) is 2.09. The predicted molar refractivity (Wildman–Crippen MR) is 144 cm³/mol. The summed E-state index contributed by atoms with van der Waals surface area (Å²) in [6.45, 7) is 0. The van der Waals surface area contributed by atoms with E-state index in [1.807, 2.05) is 30.3 Å². The normalized spacial score (nSPS) is 15.6. The monoisotopic (exact) mass is 545 g/mol. The summed E-state index contributed by atoms with van der Waals surface area (Å²) in [5, 5.41) is 29.1. The Morgan fingerprint density at radius 3 is 2.42 bits per heavy atom. The van der Waals surface area contributed by atoms with E-state index in [0.717, 1.165) is 22.5 Å². The Bertz CT molecular complexity index is 1530. The highest BCUT2D eigenvalue weighted by molar-refractivity contribution is 8.00. The Hall–Kier alpha value is -4.28. The lowest BCUT2D eigenvalue weighted by molar-refractivity contribution is -0.117. The molecule has 1 atom stereocenters. The standard InChI is InChI=1S/C28H20FN3O4S2/c29-20-11-6-18(7-12-20)16-37-28-31-30-27(38-28)32-24(19-9-13-21(33)14-10-19)23(25(35)26(32)36)22(34)15-8-17-4-2-1-3-5-17/h1-15,24,33,35H,16H2. The summed E-state index contributed by atoms with van der Waals surface area (Å²) in [5.74, 6) is -1.75. The van der Waals surface area contributed by atoms with Gasteiger partial charge in [0.25, 0.3) is 5.91 Å². The highest BCUT2D eigenvalue weighted by Gasteiger charge is 2.45. The van der Waals surface area contributed by atoms with Crippen molar-refractivity contribution in [2.75, 3.05) is 4.90 Å². The Balaban J connectivity index is 1.45. The second-order valence-corrected chi connectivity index (χ2v) is 10.5. The van der Waals surface area contributed by atoms with Gasteiger partial charge in [0.15, 0.2) is 15.9 Å². The minimum Gasteiger partial charge on any atom is -0.508 e. The number of phenolic OH excluding ortho intramolecular Hbond substituents is 1. The fraction of sp³-hybridized carbons (Fsp3) is 0.0714. The average Bonchev–Trinajstić information content (AvgIpc) is 3.50. The van der Waals surface area contributed by atoms with Gasteiger partial charge >= 0.3 is 0 Å². The Morgan fingerprint density at radius 1 is 1.00 bits per heavy atom. The molecule has 0 saturated carbocycles. The minimum atomic E-state index is -0.973. The third kappa shape index (κ3) is 5.36. The number of benzene rings is 3. The van der Waals surface area contributed by atoms with Gasteiger partial charge in [0.2, 0.25) is 5.13 Å². The van der Waals surface area contributed by atoms with Crippen molar-refractivity contribution in [3.05, 3.63) is 119 Å². The van der Waals surface area contributed by atoms with Crippen LogP contribution in [0.5, 0.6) is 5.75 Å². The van der Waals surface area contributed by atoms with Crippen molar-refractivity contribution < 1.29 is 24.2 Å². The first-order valence-corrected chi connectivity index (χ1v) is 13.2. The number of carbonyl (C=O) groups excluding carboxylic acids is 2. The minimum absolute atomic E-state index is 0.0186. The number of aliphatic hydroxyl groups excluding tert-OH is 1. The van der Waals surface area contributed by atoms with E-state index in [2.05, 4.69) is 10.2 Å². The topological polar surface area (TPSA) is 104 Å². The number of allylic oxidation sites excluding steroid dienone is 1. The zero-order valence-electron chi connectivity index (χ0n) is 19.7. The van der Waals surface area contributed by atoms with Crippen molar-refractivity contribution in [2.24, 2.45) is 0 Å². The van der Waals surface area contributed by atoms with E-state index in [-0.39, 0.29) is 22.3 Å². The van der Waals surface area contributed by atoms with Gasteiger partial charge in [0.05, 0.1) is 11.6 Å². The maximum Gasteiger partial charge on any atom is 0.296 e. The lowest BCUT2D eigenvalue weighted by Gasteiger charge is -2.23. The smallest absolute Gasteiger partial charge is 0.296 e. The number of aromatic hydroxyl groups is 1. The summed E-state index contributed by atoms with van der Waals surface area (Å²) in [6.07, 6.45) is 2.92. The molecule has 2 heterocycles. The van der Waals surface area contributed by atoms with Crippen LogP contribution in [-0.4, -0.2) is 32.1 Å². The van der Waals surface area contributed by atoms with Gasteiger partial charge in [-0.3, -0.25) is 14.5 Å². The first-order chi connectivity index (χ1) is 18.4. The number of aliphatic hydroxyl groups is 1. The molecule has 0 saturated heterocycles. The third-order valence-corrected chi connectivity index (χ3v) is 7.91. The molecular formula is C28H20FN3O4S2. The first kappa shape index (κ1) is 25.4. The number of halogens is 1. The lowest BCUT2D eigenvalue weighted by atomic mass is 9.95. The van der Waals surface area contributed by atoms with E-state index in [1.165, 1.54) is 47.0 Å². The van der Waals surface area contributed by atoms with Gasteiger partial charge in [0.1, 0.15) is 11.6 Å². The summed E-state index contributed by atoms with van der Waals surface area (Å²) >= 11 is 2.51. The van der Waals surface area contributed by atoms with Gasteiger partial charge in [-0.15, -0.1) is 10.2 Å². The number of ketones is 1. The van der Waals surface area contributed by atoms with Gasteiger partial charge < -0.3 is 10.2 Å². The maximum atomic E-state index is 13.3. The molecule has 0 spiro atoms. The predicted octanol–water partition coefficient (Wildman–Crippen LogP) is 5.86. The van der Waals surface area contributed by atoms with Gasteiger partial charge in [-0.05, 0) is 47.0 Å². The van der Waals surface area contributed by atoms with Gasteiger partial charge in [0, 0.05) is 5.75 Å². The average molecular weight is 546 g/mol. The number of amides is 1. The number of thioether (sulfide) groups is 1. The number of anilines is 1. The van der Waals surface area contributed by atoms with Crippen LogP contribution in [0, 0.1) is 5.82 Å². The molecule has 1 amide bonds. The van der Waals surface area contributed by atoms with Crippen molar-refractivity contribution in [1.82, 2.24) is 10.2 Å². The second kappa shape index (κ2) is 11.0.